The summed E-state index contributed by atoms with van der Waals surface area (Å²) >= 11 is 1.68. The SMILES string of the molecule is CN1CCN(Cc2cncs2)C[C@@H](C(=O)N(C)C)C1. The number of rotatable bonds is 3. The number of hydrogen-bond acceptors (Lipinski definition) is 5. The summed E-state index contributed by atoms with van der Waals surface area (Å²) in [4.78, 5) is 23.9. The van der Waals surface area contributed by atoms with Crippen molar-refractivity contribution in [2.75, 3.05) is 47.3 Å². The van der Waals surface area contributed by atoms with Gasteiger partial charge in [0.15, 0.2) is 0 Å². The summed E-state index contributed by atoms with van der Waals surface area (Å²) in [5.74, 6) is 0.290. The molecule has 0 radical (unpaired) electrons. The van der Waals surface area contributed by atoms with Crippen LogP contribution in [-0.2, 0) is 11.3 Å². The Balaban J connectivity index is 2.02. The molecule has 0 bridgehead atoms. The van der Waals surface area contributed by atoms with Crippen LogP contribution in [0.3, 0.4) is 0 Å². The van der Waals surface area contributed by atoms with Gasteiger partial charge in [-0.25, -0.2) is 0 Å². The normalized spacial score (nSPS) is 22.2. The summed E-state index contributed by atoms with van der Waals surface area (Å²) in [5.41, 5.74) is 1.86. The first-order valence-electron chi connectivity index (χ1n) is 6.55. The Labute approximate surface area is 118 Å². The van der Waals surface area contributed by atoms with Crippen LogP contribution in [0.15, 0.2) is 11.7 Å². The first-order valence-corrected chi connectivity index (χ1v) is 7.43. The van der Waals surface area contributed by atoms with E-state index in [1.165, 1.54) is 4.88 Å². The summed E-state index contributed by atoms with van der Waals surface area (Å²) in [6, 6.07) is 0. The molecule has 106 valence electrons. The molecule has 1 aromatic rings. The lowest BCUT2D eigenvalue weighted by atomic mass is 10.1. The molecular weight excluding hydrogens is 260 g/mol. The van der Waals surface area contributed by atoms with Crippen LogP contribution in [0.4, 0.5) is 0 Å². The highest BCUT2D eigenvalue weighted by atomic mass is 32.1. The highest BCUT2D eigenvalue weighted by molar-refractivity contribution is 7.09. The standard InChI is InChI=1S/C13H22N4OS/c1-15(2)13(18)11-7-16(3)4-5-17(8-11)9-12-6-14-10-19-12/h6,10-11H,4-5,7-9H2,1-3H3/t11-/m0/s1. The summed E-state index contributed by atoms with van der Waals surface area (Å²) in [5, 5.41) is 0. The van der Waals surface area contributed by atoms with Crippen LogP contribution in [0.1, 0.15) is 4.88 Å². The van der Waals surface area contributed by atoms with Gasteiger partial charge in [0.1, 0.15) is 0 Å². The third-order valence-electron chi connectivity index (χ3n) is 3.46. The summed E-state index contributed by atoms with van der Waals surface area (Å²) in [7, 11) is 5.76. The third-order valence-corrected chi connectivity index (χ3v) is 4.23. The van der Waals surface area contributed by atoms with Crippen LogP contribution in [0, 0.1) is 5.92 Å². The van der Waals surface area contributed by atoms with Crippen LogP contribution < -0.4 is 0 Å². The van der Waals surface area contributed by atoms with Crippen LogP contribution in [0.2, 0.25) is 0 Å². The van der Waals surface area contributed by atoms with E-state index in [0.29, 0.717) is 0 Å². The van der Waals surface area contributed by atoms with Crippen molar-refractivity contribution < 1.29 is 4.79 Å². The minimum atomic E-state index is 0.0652. The van der Waals surface area contributed by atoms with E-state index in [9.17, 15) is 4.79 Å². The van der Waals surface area contributed by atoms with E-state index in [-0.39, 0.29) is 11.8 Å². The van der Waals surface area contributed by atoms with Gasteiger partial charge in [-0.15, -0.1) is 11.3 Å². The molecule has 2 heterocycles. The van der Waals surface area contributed by atoms with Gasteiger partial charge in [-0.05, 0) is 7.05 Å². The Morgan fingerprint density at radius 2 is 2.26 bits per heavy atom. The number of nitrogens with zero attached hydrogens (tertiary/aromatic N) is 4. The molecule has 1 aromatic heterocycles. The molecule has 6 heteroatoms. The minimum absolute atomic E-state index is 0.0652. The van der Waals surface area contributed by atoms with Gasteiger partial charge in [-0.2, -0.15) is 0 Å². The number of carbonyl (C=O) groups excluding carboxylic acids is 1. The second-order valence-electron chi connectivity index (χ2n) is 5.39. The second-order valence-corrected chi connectivity index (χ2v) is 6.37. The smallest absolute Gasteiger partial charge is 0.227 e. The van der Waals surface area contributed by atoms with Gasteiger partial charge in [0.25, 0.3) is 0 Å². The number of aromatic nitrogens is 1. The van der Waals surface area contributed by atoms with Gasteiger partial charge in [-0.3, -0.25) is 14.7 Å². The summed E-state index contributed by atoms with van der Waals surface area (Å²) in [6.45, 7) is 4.59. The van der Waals surface area contributed by atoms with E-state index in [0.717, 1.165) is 32.7 Å². The fourth-order valence-corrected chi connectivity index (χ4v) is 3.08. The van der Waals surface area contributed by atoms with Crippen LogP contribution in [-0.4, -0.2) is 72.9 Å². The molecule has 1 saturated heterocycles. The predicted molar refractivity (Wildman–Crippen MR) is 77.1 cm³/mol. The molecule has 0 aliphatic carbocycles. The van der Waals surface area contributed by atoms with E-state index < -0.39 is 0 Å². The van der Waals surface area contributed by atoms with Gasteiger partial charge >= 0.3 is 0 Å². The minimum Gasteiger partial charge on any atom is -0.348 e. The Morgan fingerprint density at radius 3 is 2.89 bits per heavy atom. The molecule has 1 amide bonds. The van der Waals surface area contributed by atoms with Gasteiger partial charge < -0.3 is 9.80 Å². The molecule has 0 saturated carbocycles. The van der Waals surface area contributed by atoms with Crippen molar-refractivity contribution in [3.63, 3.8) is 0 Å². The Bertz CT molecular complexity index is 407. The third kappa shape index (κ3) is 3.99. The maximum absolute atomic E-state index is 12.2. The molecule has 0 unspecified atom stereocenters. The lowest BCUT2D eigenvalue weighted by Gasteiger charge is -2.25. The fourth-order valence-electron chi connectivity index (χ4n) is 2.45. The molecule has 0 N–H and O–H groups in total. The molecule has 2 rings (SSSR count). The Morgan fingerprint density at radius 1 is 1.47 bits per heavy atom. The first kappa shape index (κ1) is 14.4. The molecule has 1 aliphatic heterocycles. The first-order chi connectivity index (χ1) is 9.06. The van der Waals surface area contributed by atoms with E-state index in [1.807, 2.05) is 25.8 Å². The lowest BCUT2D eigenvalue weighted by Crippen LogP contribution is -2.39. The molecular formula is C13H22N4OS. The highest BCUT2D eigenvalue weighted by Crippen LogP contribution is 2.15. The quantitative estimate of drug-likeness (QED) is 0.814. The molecule has 19 heavy (non-hydrogen) atoms. The monoisotopic (exact) mass is 282 g/mol. The largest absolute Gasteiger partial charge is 0.348 e. The van der Waals surface area contributed by atoms with Gasteiger partial charge in [0.05, 0.1) is 11.4 Å². The number of thiazole rings is 1. The summed E-state index contributed by atoms with van der Waals surface area (Å²) in [6.07, 6.45) is 1.92. The maximum Gasteiger partial charge on any atom is 0.227 e. The predicted octanol–water partition coefficient (Wildman–Crippen LogP) is 0.595. The van der Waals surface area contributed by atoms with Crippen molar-refractivity contribution in [1.29, 1.82) is 0 Å². The molecule has 1 aliphatic rings. The lowest BCUT2D eigenvalue weighted by molar-refractivity contribution is -0.133. The zero-order chi connectivity index (χ0) is 13.8. The van der Waals surface area contributed by atoms with Crippen LogP contribution in [0.25, 0.3) is 0 Å². The number of carbonyl (C=O) groups is 1. The van der Waals surface area contributed by atoms with Gasteiger partial charge in [0.2, 0.25) is 5.91 Å². The van der Waals surface area contributed by atoms with Crippen molar-refractivity contribution in [1.82, 2.24) is 19.7 Å². The molecule has 0 aromatic carbocycles. The van der Waals surface area contributed by atoms with E-state index >= 15 is 0 Å². The summed E-state index contributed by atoms with van der Waals surface area (Å²) < 4.78 is 0. The average Bonchev–Trinajstić information content (AvgIpc) is 2.79. The van der Waals surface area contributed by atoms with Crippen molar-refractivity contribution in [3.8, 4) is 0 Å². The van der Waals surface area contributed by atoms with E-state index in [2.05, 4.69) is 21.8 Å². The van der Waals surface area contributed by atoms with E-state index in [4.69, 9.17) is 0 Å². The van der Waals surface area contributed by atoms with Crippen LogP contribution >= 0.6 is 11.3 Å². The zero-order valence-electron chi connectivity index (χ0n) is 11.9. The number of amides is 1. The Hall–Kier alpha value is -0.980. The molecule has 1 fully saturated rings. The van der Waals surface area contributed by atoms with Crippen molar-refractivity contribution in [2.45, 2.75) is 6.54 Å². The van der Waals surface area contributed by atoms with Gasteiger partial charge in [-0.1, -0.05) is 0 Å². The molecule has 5 nitrogen and oxygen atoms in total. The highest BCUT2D eigenvalue weighted by Gasteiger charge is 2.27. The van der Waals surface area contributed by atoms with Gasteiger partial charge in [0, 0.05) is 57.9 Å². The van der Waals surface area contributed by atoms with Crippen molar-refractivity contribution in [2.24, 2.45) is 5.92 Å². The second kappa shape index (κ2) is 6.45. The van der Waals surface area contributed by atoms with Crippen molar-refractivity contribution in [3.05, 3.63) is 16.6 Å². The average molecular weight is 282 g/mol. The fraction of sp³-hybridized carbons (Fsp3) is 0.692. The Kier molecular flexibility index (Phi) is 4.90. The number of hydrogen-bond donors (Lipinski definition) is 0. The molecule has 1 atom stereocenters. The van der Waals surface area contributed by atoms with Crippen LogP contribution in [0.5, 0.6) is 0 Å². The zero-order valence-corrected chi connectivity index (χ0v) is 12.7. The maximum atomic E-state index is 12.2. The number of likely N-dealkylation sites (N-methyl/N-ethyl adjacent to an activating group) is 1. The topological polar surface area (TPSA) is 39.7 Å². The molecule has 0 spiro atoms. The van der Waals surface area contributed by atoms with Crippen molar-refractivity contribution >= 4 is 17.2 Å². The van der Waals surface area contributed by atoms with E-state index in [1.54, 1.807) is 16.2 Å².